The van der Waals surface area contributed by atoms with E-state index in [2.05, 4.69) is 21.2 Å². The van der Waals surface area contributed by atoms with Crippen LogP contribution in [-0.2, 0) is 4.79 Å². The molecule has 0 saturated carbocycles. The van der Waals surface area contributed by atoms with Gasteiger partial charge in [0.2, 0.25) is 5.91 Å². The Morgan fingerprint density at radius 1 is 1.15 bits per heavy atom. The van der Waals surface area contributed by atoms with Crippen LogP contribution in [0.3, 0.4) is 0 Å². The van der Waals surface area contributed by atoms with E-state index < -0.39 is 0 Å². The number of hydrogen-bond acceptors (Lipinski definition) is 5. The van der Waals surface area contributed by atoms with Crippen molar-refractivity contribution in [1.82, 2.24) is 4.90 Å². The molecule has 0 aliphatic carbocycles. The van der Waals surface area contributed by atoms with Crippen LogP contribution in [0.4, 0.5) is 5.69 Å². The monoisotopic (exact) mass is 450 g/mol. The zero-order valence-electron chi connectivity index (χ0n) is 14.6. The van der Waals surface area contributed by atoms with Gasteiger partial charge in [-0.3, -0.25) is 9.59 Å². The first-order valence-electron chi connectivity index (χ1n) is 8.84. The Balaban J connectivity index is 1.37. The molecule has 2 aliphatic heterocycles. The molecule has 4 rings (SSSR count). The van der Waals surface area contributed by atoms with Gasteiger partial charge in [0.05, 0.1) is 10.6 Å². The maximum absolute atomic E-state index is 12.7. The number of carbonyl (C=O) groups is 2. The first-order chi connectivity index (χ1) is 13.1. The van der Waals surface area contributed by atoms with E-state index in [1.807, 2.05) is 28.5 Å². The number of fused-ring (bicyclic) bond motifs is 1. The number of halogens is 1. The summed E-state index contributed by atoms with van der Waals surface area (Å²) in [7, 11) is 0. The van der Waals surface area contributed by atoms with Crippen LogP contribution < -0.4 is 14.8 Å². The molecule has 142 valence electrons. The summed E-state index contributed by atoms with van der Waals surface area (Å²) in [5, 5.41) is 4.88. The lowest BCUT2D eigenvalue weighted by molar-refractivity contribution is -0.121. The highest BCUT2D eigenvalue weighted by molar-refractivity contribution is 9.10. The second kappa shape index (κ2) is 7.90. The molecular formula is C19H19BrN2O4S. The molecule has 1 aromatic heterocycles. The molecule has 1 saturated heterocycles. The van der Waals surface area contributed by atoms with Crippen molar-refractivity contribution in [2.45, 2.75) is 12.8 Å². The molecule has 0 bridgehead atoms. The number of ether oxygens (including phenoxy) is 2. The van der Waals surface area contributed by atoms with Crippen LogP contribution in [0.15, 0.2) is 34.1 Å². The number of hydrogen-bond donors (Lipinski definition) is 1. The number of nitrogens with one attached hydrogen (secondary N) is 1. The van der Waals surface area contributed by atoms with Crippen LogP contribution in [0.2, 0.25) is 0 Å². The molecule has 2 aromatic rings. The van der Waals surface area contributed by atoms with Gasteiger partial charge in [-0.25, -0.2) is 0 Å². The van der Waals surface area contributed by atoms with Gasteiger partial charge < -0.3 is 19.7 Å². The van der Waals surface area contributed by atoms with Crippen molar-refractivity contribution >= 4 is 44.8 Å². The summed E-state index contributed by atoms with van der Waals surface area (Å²) in [6, 6.07) is 7.31. The molecule has 0 atom stereocenters. The number of likely N-dealkylation sites (tertiary alicyclic amines) is 1. The number of amides is 2. The quantitative estimate of drug-likeness (QED) is 0.772. The van der Waals surface area contributed by atoms with Crippen LogP contribution in [-0.4, -0.2) is 43.0 Å². The molecule has 2 amide bonds. The van der Waals surface area contributed by atoms with E-state index in [-0.39, 0.29) is 17.7 Å². The highest BCUT2D eigenvalue weighted by Crippen LogP contribution is 2.38. The highest BCUT2D eigenvalue weighted by atomic mass is 79.9. The molecule has 2 aliphatic rings. The van der Waals surface area contributed by atoms with Crippen molar-refractivity contribution in [3.63, 3.8) is 0 Å². The first kappa shape index (κ1) is 18.3. The third-order valence-electron chi connectivity index (χ3n) is 4.77. The molecule has 0 unspecified atom stereocenters. The molecule has 0 spiro atoms. The van der Waals surface area contributed by atoms with E-state index >= 15 is 0 Å². The van der Waals surface area contributed by atoms with Gasteiger partial charge in [0.1, 0.15) is 13.2 Å². The molecule has 1 fully saturated rings. The number of rotatable bonds is 3. The first-order valence-corrected chi connectivity index (χ1v) is 10.5. The standard InChI is InChI=1S/C19H19BrN2O4S/c20-13-10-15-16(26-8-7-25-15)11-14(13)21-18(23)12-3-5-22(6-4-12)19(24)17-2-1-9-27-17/h1-2,9-12H,3-8H2,(H,21,23). The summed E-state index contributed by atoms with van der Waals surface area (Å²) in [5.41, 5.74) is 0.668. The SMILES string of the molecule is O=C(Nc1cc2c(cc1Br)OCCO2)C1CCN(C(=O)c2cccs2)CC1. The van der Waals surface area contributed by atoms with E-state index in [4.69, 9.17) is 9.47 Å². The van der Waals surface area contributed by atoms with Gasteiger partial charge in [-0.15, -0.1) is 11.3 Å². The van der Waals surface area contributed by atoms with Crippen molar-refractivity contribution in [2.75, 3.05) is 31.6 Å². The van der Waals surface area contributed by atoms with E-state index in [0.29, 0.717) is 56.3 Å². The molecule has 6 nitrogen and oxygen atoms in total. The Labute approximate surface area is 169 Å². The van der Waals surface area contributed by atoms with Gasteiger partial charge in [-0.1, -0.05) is 6.07 Å². The highest BCUT2D eigenvalue weighted by Gasteiger charge is 2.28. The minimum Gasteiger partial charge on any atom is -0.486 e. The Bertz CT molecular complexity index is 848. The maximum atomic E-state index is 12.7. The number of benzene rings is 1. The number of nitrogens with zero attached hydrogens (tertiary/aromatic N) is 1. The predicted molar refractivity (Wildman–Crippen MR) is 107 cm³/mol. The Morgan fingerprint density at radius 2 is 1.85 bits per heavy atom. The topological polar surface area (TPSA) is 67.9 Å². The molecular weight excluding hydrogens is 432 g/mol. The van der Waals surface area contributed by atoms with Gasteiger partial charge in [-0.05, 0) is 40.2 Å². The van der Waals surface area contributed by atoms with Crippen molar-refractivity contribution in [1.29, 1.82) is 0 Å². The van der Waals surface area contributed by atoms with Crippen LogP contribution in [0.5, 0.6) is 11.5 Å². The summed E-state index contributed by atoms with van der Waals surface area (Å²) < 4.78 is 11.9. The zero-order valence-corrected chi connectivity index (χ0v) is 17.0. The van der Waals surface area contributed by atoms with Crippen LogP contribution >= 0.6 is 27.3 Å². The lowest BCUT2D eigenvalue weighted by atomic mass is 9.95. The summed E-state index contributed by atoms with van der Waals surface area (Å²) in [6.07, 6.45) is 1.32. The van der Waals surface area contributed by atoms with Crippen LogP contribution in [0.1, 0.15) is 22.5 Å². The van der Waals surface area contributed by atoms with Gasteiger partial charge in [0.15, 0.2) is 11.5 Å². The molecule has 8 heteroatoms. The number of carbonyl (C=O) groups excluding carboxylic acids is 2. The number of piperidine rings is 1. The fourth-order valence-electron chi connectivity index (χ4n) is 3.30. The van der Waals surface area contributed by atoms with Crippen LogP contribution in [0, 0.1) is 5.92 Å². The van der Waals surface area contributed by atoms with E-state index in [1.165, 1.54) is 11.3 Å². The average Bonchev–Trinajstić information content (AvgIpc) is 3.23. The van der Waals surface area contributed by atoms with Gasteiger partial charge in [0.25, 0.3) is 5.91 Å². The maximum Gasteiger partial charge on any atom is 0.263 e. The lowest BCUT2D eigenvalue weighted by Gasteiger charge is -2.31. The Kier molecular flexibility index (Phi) is 5.36. The third kappa shape index (κ3) is 3.96. The summed E-state index contributed by atoms with van der Waals surface area (Å²) in [6.45, 7) is 2.21. The lowest BCUT2D eigenvalue weighted by Crippen LogP contribution is -2.41. The Hall–Kier alpha value is -2.06. The van der Waals surface area contributed by atoms with Gasteiger partial charge in [0, 0.05) is 35.6 Å². The average molecular weight is 451 g/mol. The van der Waals surface area contributed by atoms with Crippen molar-refractivity contribution < 1.29 is 19.1 Å². The van der Waals surface area contributed by atoms with Gasteiger partial charge >= 0.3 is 0 Å². The summed E-state index contributed by atoms with van der Waals surface area (Å²) >= 11 is 4.93. The fraction of sp³-hybridized carbons (Fsp3) is 0.368. The minimum absolute atomic E-state index is 0.0319. The van der Waals surface area contributed by atoms with E-state index in [1.54, 1.807) is 6.07 Å². The summed E-state index contributed by atoms with van der Waals surface area (Å²) in [4.78, 5) is 27.7. The zero-order chi connectivity index (χ0) is 18.8. The van der Waals surface area contributed by atoms with Crippen molar-refractivity contribution in [3.8, 4) is 11.5 Å². The van der Waals surface area contributed by atoms with E-state index in [9.17, 15) is 9.59 Å². The largest absolute Gasteiger partial charge is 0.486 e. The van der Waals surface area contributed by atoms with Crippen molar-refractivity contribution in [3.05, 3.63) is 39.0 Å². The van der Waals surface area contributed by atoms with Crippen LogP contribution in [0.25, 0.3) is 0 Å². The second-order valence-electron chi connectivity index (χ2n) is 6.51. The smallest absolute Gasteiger partial charge is 0.263 e. The summed E-state index contributed by atoms with van der Waals surface area (Å²) in [5.74, 6) is 1.22. The normalized spacial score (nSPS) is 16.9. The van der Waals surface area contributed by atoms with Gasteiger partial charge in [-0.2, -0.15) is 0 Å². The minimum atomic E-state index is -0.113. The predicted octanol–water partition coefficient (Wildman–Crippen LogP) is 3.77. The number of anilines is 1. The molecule has 27 heavy (non-hydrogen) atoms. The molecule has 1 N–H and O–H groups in total. The number of thiophene rings is 1. The fourth-order valence-corrected chi connectivity index (χ4v) is 4.41. The van der Waals surface area contributed by atoms with E-state index in [0.717, 1.165) is 9.35 Å². The second-order valence-corrected chi connectivity index (χ2v) is 8.31. The Morgan fingerprint density at radius 3 is 2.52 bits per heavy atom. The molecule has 0 radical (unpaired) electrons. The molecule has 3 heterocycles. The van der Waals surface area contributed by atoms with Crippen molar-refractivity contribution in [2.24, 2.45) is 5.92 Å². The molecule has 1 aromatic carbocycles. The third-order valence-corrected chi connectivity index (χ3v) is 6.29.